The van der Waals surface area contributed by atoms with E-state index in [0.717, 1.165) is 36.8 Å². The molecule has 4 nitrogen and oxygen atoms in total. The first-order chi connectivity index (χ1) is 9.88. The number of nitrogens with zero attached hydrogens (tertiary/aromatic N) is 3. The maximum Gasteiger partial charge on any atom is 0.154 e. The van der Waals surface area contributed by atoms with Gasteiger partial charge in [-0.2, -0.15) is 0 Å². The number of likely N-dealkylation sites (tertiary alicyclic amines) is 1. The molecule has 1 fully saturated rings. The van der Waals surface area contributed by atoms with Gasteiger partial charge in [0.05, 0.1) is 13.3 Å². The third-order valence-electron chi connectivity index (χ3n) is 3.97. The Labute approximate surface area is 120 Å². The Kier molecular flexibility index (Phi) is 4.00. The van der Waals surface area contributed by atoms with Crippen LogP contribution in [0.2, 0.25) is 0 Å². The highest BCUT2D eigenvalue weighted by atomic mass is 16.5. The second-order valence-electron chi connectivity index (χ2n) is 5.34. The quantitative estimate of drug-likeness (QED) is 0.788. The lowest BCUT2D eigenvalue weighted by Crippen LogP contribution is -2.33. The Bertz CT molecular complexity index is 528. The van der Waals surface area contributed by atoms with Crippen LogP contribution in [0.15, 0.2) is 35.3 Å². The van der Waals surface area contributed by atoms with Gasteiger partial charge in [0.25, 0.3) is 0 Å². The molecule has 0 unspecified atom stereocenters. The number of methoxy groups -OCH3 is 1. The molecular formula is C16H21N3O. The average molecular weight is 271 g/mol. The lowest BCUT2D eigenvalue weighted by Gasteiger charge is -2.24. The number of ether oxygens (including phenoxy) is 1. The van der Waals surface area contributed by atoms with Crippen molar-refractivity contribution in [1.82, 2.24) is 9.88 Å². The van der Waals surface area contributed by atoms with E-state index < -0.39 is 0 Å². The van der Waals surface area contributed by atoms with Crippen LogP contribution < -0.4 is 0 Å². The fourth-order valence-electron chi connectivity index (χ4n) is 2.85. The monoisotopic (exact) mass is 271 g/mol. The third kappa shape index (κ3) is 2.69. The molecule has 0 saturated carbocycles. The number of aliphatic imine (C=N–C) groups is 1. The number of aromatic nitrogens is 1. The lowest BCUT2D eigenvalue weighted by atomic mass is 10.1. The Morgan fingerprint density at radius 2 is 1.95 bits per heavy atom. The predicted octanol–water partition coefficient (Wildman–Crippen LogP) is 2.75. The van der Waals surface area contributed by atoms with Gasteiger partial charge in [0.15, 0.2) is 5.84 Å². The van der Waals surface area contributed by atoms with E-state index in [-0.39, 0.29) is 0 Å². The molecule has 1 aromatic rings. The zero-order valence-corrected chi connectivity index (χ0v) is 12.0. The van der Waals surface area contributed by atoms with Crippen molar-refractivity contribution in [3.63, 3.8) is 0 Å². The van der Waals surface area contributed by atoms with Gasteiger partial charge in [0, 0.05) is 25.7 Å². The van der Waals surface area contributed by atoms with Crippen molar-refractivity contribution in [3.05, 3.63) is 41.5 Å². The molecule has 1 aromatic heterocycles. The van der Waals surface area contributed by atoms with Crippen LogP contribution in [0.4, 0.5) is 0 Å². The van der Waals surface area contributed by atoms with Crippen molar-refractivity contribution >= 4 is 5.84 Å². The normalized spacial score (nSPS) is 19.4. The summed E-state index contributed by atoms with van der Waals surface area (Å²) in [5, 5.41) is 0. The maximum atomic E-state index is 5.40. The third-order valence-corrected chi connectivity index (χ3v) is 3.97. The Balaban J connectivity index is 1.98. The van der Waals surface area contributed by atoms with Gasteiger partial charge in [-0.1, -0.05) is 18.9 Å². The number of hydrogen-bond acceptors (Lipinski definition) is 4. The fraction of sp³-hybridized carbons (Fsp3) is 0.500. The summed E-state index contributed by atoms with van der Waals surface area (Å²) in [7, 11) is 1.70. The first-order valence-corrected chi connectivity index (χ1v) is 7.38. The second-order valence-corrected chi connectivity index (χ2v) is 5.34. The topological polar surface area (TPSA) is 37.7 Å². The number of fused-ring (bicyclic) bond motifs is 1. The van der Waals surface area contributed by atoms with Crippen LogP contribution in [0.25, 0.3) is 0 Å². The van der Waals surface area contributed by atoms with Crippen LogP contribution in [0.3, 0.4) is 0 Å². The smallest absolute Gasteiger partial charge is 0.154 e. The van der Waals surface area contributed by atoms with E-state index in [1.54, 1.807) is 7.11 Å². The number of amidine groups is 1. The summed E-state index contributed by atoms with van der Waals surface area (Å²) in [5.41, 5.74) is 2.21. The van der Waals surface area contributed by atoms with E-state index >= 15 is 0 Å². The van der Waals surface area contributed by atoms with Gasteiger partial charge in [0.1, 0.15) is 11.5 Å². The lowest BCUT2D eigenvalue weighted by molar-refractivity contribution is 0.282. The van der Waals surface area contributed by atoms with Crippen molar-refractivity contribution in [2.75, 3.05) is 20.2 Å². The van der Waals surface area contributed by atoms with Gasteiger partial charge in [-0.25, -0.2) is 4.99 Å². The number of pyridine rings is 1. The molecule has 20 heavy (non-hydrogen) atoms. The summed E-state index contributed by atoms with van der Waals surface area (Å²) >= 11 is 0. The van der Waals surface area contributed by atoms with Crippen LogP contribution >= 0.6 is 0 Å². The predicted molar refractivity (Wildman–Crippen MR) is 79.6 cm³/mol. The molecule has 4 heteroatoms. The number of allylic oxidation sites excluding steroid dienone is 1. The van der Waals surface area contributed by atoms with Crippen LogP contribution in [0.1, 0.15) is 36.9 Å². The maximum absolute atomic E-state index is 5.40. The number of rotatable bonds is 1. The molecule has 0 amide bonds. The van der Waals surface area contributed by atoms with Crippen molar-refractivity contribution < 1.29 is 4.74 Å². The molecule has 0 atom stereocenters. The van der Waals surface area contributed by atoms with Gasteiger partial charge >= 0.3 is 0 Å². The van der Waals surface area contributed by atoms with Gasteiger partial charge < -0.3 is 9.64 Å². The second kappa shape index (κ2) is 6.07. The molecule has 3 heterocycles. The zero-order valence-electron chi connectivity index (χ0n) is 12.0. The highest BCUT2D eigenvalue weighted by Crippen LogP contribution is 2.21. The van der Waals surface area contributed by atoms with Crippen molar-refractivity contribution in [3.8, 4) is 0 Å². The van der Waals surface area contributed by atoms with Crippen LogP contribution in [0.5, 0.6) is 0 Å². The first-order valence-electron chi connectivity index (χ1n) is 7.38. The van der Waals surface area contributed by atoms with Crippen molar-refractivity contribution in [1.29, 1.82) is 0 Å². The summed E-state index contributed by atoms with van der Waals surface area (Å²) in [4.78, 5) is 11.6. The summed E-state index contributed by atoms with van der Waals surface area (Å²) in [6.45, 7) is 2.15. The minimum atomic E-state index is 0.764. The molecule has 0 aliphatic carbocycles. The van der Waals surface area contributed by atoms with Gasteiger partial charge in [-0.3, -0.25) is 4.98 Å². The molecule has 3 rings (SSSR count). The van der Waals surface area contributed by atoms with E-state index in [1.807, 2.05) is 18.5 Å². The highest BCUT2D eigenvalue weighted by molar-refractivity contribution is 5.99. The summed E-state index contributed by atoms with van der Waals surface area (Å²) in [6, 6.07) is 4.10. The minimum Gasteiger partial charge on any atom is -0.499 e. The van der Waals surface area contributed by atoms with Gasteiger partial charge in [-0.15, -0.1) is 0 Å². The molecule has 0 spiro atoms. The number of hydrogen-bond donors (Lipinski definition) is 0. The van der Waals surface area contributed by atoms with E-state index in [1.165, 1.54) is 31.2 Å². The molecule has 1 saturated heterocycles. The van der Waals surface area contributed by atoms with Crippen LogP contribution in [0, 0.1) is 0 Å². The van der Waals surface area contributed by atoms with Crippen molar-refractivity contribution in [2.45, 2.75) is 32.1 Å². The molecule has 2 aliphatic rings. The average Bonchev–Trinajstić information content (AvgIpc) is 2.85. The van der Waals surface area contributed by atoms with Crippen molar-refractivity contribution in [2.24, 2.45) is 4.99 Å². The molecule has 0 aromatic carbocycles. The molecule has 0 N–H and O–H groups in total. The van der Waals surface area contributed by atoms with E-state index in [9.17, 15) is 0 Å². The Morgan fingerprint density at radius 1 is 1.15 bits per heavy atom. The van der Waals surface area contributed by atoms with E-state index in [0.29, 0.717) is 0 Å². The molecule has 0 bridgehead atoms. The molecule has 2 aliphatic heterocycles. The SMILES string of the molecule is COC1=CN=C(N2CCCCCC2)c2ncccc2C1. The Morgan fingerprint density at radius 3 is 2.70 bits per heavy atom. The van der Waals surface area contributed by atoms with Gasteiger partial charge in [0.2, 0.25) is 0 Å². The Hall–Kier alpha value is -1.84. The van der Waals surface area contributed by atoms with Crippen LogP contribution in [-0.2, 0) is 11.2 Å². The highest BCUT2D eigenvalue weighted by Gasteiger charge is 2.21. The van der Waals surface area contributed by atoms with E-state index in [4.69, 9.17) is 4.74 Å². The molecule has 0 radical (unpaired) electrons. The summed E-state index contributed by atoms with van der Waals surface area (Å²) in [6.07, 6.45) is 9.58. The zero-order chi connectivity index (χ0) is 13.8. The van der Waals surface area contributed by atoms with Gasteiger partial charge in [-0.05, 0) is 24.5 Å². The summed E-state index contributed by atoms with van der Waals surface area (Å²) in [5.74, 6) is 1.90. The summed E-state index contributed by atoms with van der Waals surface area (Å²) < 4.78 is 5.40. The largest absolute Gasteiger partial charge is 0.499 e. The minimum absolute atomic E-state index is 0.764. The molecule has 106 valence electrons. The van der Waals surface area contributed by atoms with E-state index in [2.05, 4.69) is 20.9 Å². The molecular weight excluding hydrogens is 250 g/mol. The first kappa shape index (κ1) is 13.2. The standard InChI is InChI=1S/C16H21N3O/c1-20-14-11-13-7-6-8-17-15(13)16(18-12-14)19-9-4-2-3-5-10-19/h6-8,12H,2-5,9-11H2,1H3. The fourth-order valence-corrected chi connectivity index (χ4v) is 2.85. The van der Waals surface area contributed by atoms with Crippen LogP contribution in [-0.4, -0.2) is 35.9 Å².